The molecule has 1 rings (SSSR count). The predicted molar refractivity (Wildman–Crippen MR) is 76.6 cm³/mol. The molecular weight excluding hydrogens is 242 g/mol. The number of amides is 1. The van der Waals surface area contributed by atoms with Crippen LogP contribution in [0.25, 0.3) is 0 Å². The van der Waals surface area contributed by atoms with E-state index >= 15 is 0 Å². The van der Waals surface area contributed by atoms with Crippen molar-refractivity contribution in [1.82, 2.24) is 10.2 Å². The highest BCUT2D eigenvalue weighted by molar-refractivity contribution is 5.96. The maximum Gasteiger partial charge on any atom is 0.254 e. The third-order valence-corrected chi connectivity index (χ3v) is 2.98. The van der Waals surface area contributed by atoms with Crippen LogP contribution in [-0.4, -0.2) is 50.2 Å². The number of rotatable bonds is 5. The summed E-state index contributed by atoms with van der Waals surface area (Å²) < 4.78 is 5.44. The molecule has 0 saturated carbocycles. The van der Waals surface area contributed by atoms with Gasteiger partial charge in [-0.15, -0.1) is 0 Å². The molecule has 1 unspecified atom stereocenters. The molecular formula is C14H25N3O2. The molecule has 1 fully saturated rings. The molecule has 0 aromatic rings. The largest absolute Gasteiger partial charge is 0.402 e. The summed E-state index contributed by atoms with van der Waals surface area (Å²) in [4.78, 5) is 14.5. The van der Waals surface area contributed by atoms with E-state index in [2.05, 4.69) is 5.32 Å². The molecule has 1 amide bonds. The van der Waals surface area contributed by atoms with Crippen LogP contribution in [0.15, 0.2) is 23.4 Å². The van der Waals surface area contributed by atoms with Crippen LogP contribution in [0, 0.1) is 0 Å². The summed E-state index contributed by atoms with van der Waals surface area (Å²) in [5.41, 5.74) is 7.01. The van der Waals surface area contributed by atoms with Crippen molar-refractivity contribution < 1.29 is 9.53 Å². The van der Waals surface area contributed by atoms with Gasteiger partial charge >= 0.3 is 0 Å². The zero-order chi connectivity index (χ0) is 14.3. The average molecular weight is 267 g/mol. The maximum atomic E-state index is 12.6. The lowest BCUT2D eigenvalue weighted by atomic mass is 10.1. The molecule has 0 aromatic carbocycles. The molecule has 1 heterocycles. The lowest BCUT2D eigenvalue weighted by Crippen LogP contribution is -2.52. The number of carbonyl (C=O) groups is 1. The fourth-order valence-electron chi connectivity index (χ4n) is 2.17. The van der Waals surface area contributed by atoms with Crippen LogP contribution in [-0.2, 0) is 9.53 Å². The second kappa shape index (κ2) is 7.96. The predicted octanol–water partition coefficient (Wildman–Crippen LogP) is 0.632. The SMILES string of the molecule is CC/C=C(\C=C(\C)N)C(=O)N1CCOCC1CNC. The highest BCUT2D eigenvalue weighted by Crippen LogP contribution is 2.13. The number of nitrogens with zero attached hydrogens (tertiary/aromatic N) is 1. The Kier molecular flexibility index (Phi) is 6.59. The van der Waals surface area contributed by atoms with E-state index in [4.69, 9.17) is 10.5 Å². The van der Waals surface area contributed by atoms with E-state index in [0.29, 0.717) is 31.0 Å². The molecule has 0 aromatic heterocycles. The third-order valence-electron chi connectivity index (χ3n) is 2.98. The zero-order valence-corrected chi connectivity index (χ0v) is 12.1. The molecule has 19 heavy (non-hydrogen) atoms. The second-order valence-electron chi connectivity index (χ2n) is 4.74. The first-order chi connectivity index (χ1) is 9.10. The van der Waals surface area contributed by atoms with E-state index in [1.165, 1.54) is 0 Å². The van der Waals surface area contributed by atoms with Crippen LogP contribution in [0.4, 0.5) is 0 Å². The first-order valence-corrected chi connectivity index (χ1v) is 6.77. The summed E-state index contributed by atoms with van der Waals surface area (Å²) in [6.45, 7) is 6.34. The second-order valence-corrected chi connectivity index (χ2v) is 4.74. The topological polar surface area (TPSA) is 67.6 Å². The van der Waals surface area contributed by atoms with Gasteiger partial charge in [0, 0.05) is 24.4 Å². The van der Waals surface area contributed by atoms with Crippen LogP contribution >= 0.6 is 0 Å². The van der Waals surface area contributed by atoms with E-state index in [1.807, 2.05) is 24.9 Å². The smallest absolute Gasteiger partial charge is 0.254 e. The minimum atomic E-state index is 0.0372. The third kappa shape index (κ3) is 4.69. The Bertz CT molecular complexity index is 358. The van der Waals surface area contributed by atoms with E-state index in [1.54, 1.807) is 13.0 Å². The van der Waals surface area contributed by atoms with Crippen molar-refractivity contribution >= 4 is 5.91 Å². The number of likely N-dealkylation sites (N-methyl/N-ethyl adjacent to an activating group) is 1. The number of nitrogens with two attached hydrogens (primary N) is 1. The van der Waals surface area contributed by atoms with Crippen LogP contribution in [0.5, 0.6) is 0 Å². The summed E-state index contributed by atoms with van der Waals surface area (Å²) in [6, 6.07) is 0.0815. The summed E-state index contributed by atoms with van der Waals surface area (Å²) >= 11 is 0. The molecule has 0 radical (unpaired) electrons. The van der Waals surface area contributed by atoms with Gasteiger partial charge < -0.3 is 20.7 Å². The van der Waals surface area contributed by atoms with Crippen LogP contribution < -0.4 is 11.1 Å². The fourth-order valence-corrected chi connectivity index (χ4v) is 2.17. The Morgan fingerprint density at radius 2 is 2.32 bits per heavy atom. The van der Waals surface area contributed by atoms with Crippen molar-refractivity contribution in [3.8, 4) is 0 Å². The monoisotopic (exact) mass is 267 g/mol. The first-order valence-electron chi connectivity index (χ1n) is 6.77. The van der Waals surface area contributed by atoms with E-state index in [-0.39, 0.29) is 11.9 Å². The molecule has 1 aliphatic rings. The number of hydrogen-bond donors (Lipinski definition) is 2. The average Bonchev–Trinajstić information content (AvgIpc) is 2.38. The number of hydrogen-bond acceptors (Lipinski definition) is 4. The molecule has 3 N–H and O–H groups in total. The number of allylic oxidation sites excluding steroid dienone is 2. The lowest BCUT2D eigenvalue weighted by Gasteiger charge is -2.35. The van der Waals surface area contributed by atoms with Crippen molar-refractivity contribution in [2.75, 3.05) is 33.4 Å². The van der Waals surface area contributed by atoms with Gasteiger partial charge in [-0.2, -0.15) is 0 Å². The molecule has 1 aliphatic heterocycles. The molecule has 1 atom stereocenters. The van der Waals surface area contributed by atoms with Crippen molar-refractivity contribution in [1.29, 1.82) is 0 Å². The van der Waals surface area contributed by atoms with Crippen LogP contribution in [0.2, 0.25) is 0 Å². The molecule has 5 heteroatoms. The Balaban J connectivity index is 2.87. The molecule has 0 aliphatic carbocycles. The highest BCUT2D eigenvalue weighted by Gasteiger charge is 2.27. The van der Waals surface area contributed by atoms with Crippen molar-refractivity contribution in [3.05, 3.63) is 23.4 Å². The zero-order valence-electron chi connectivity index (χ0n) is 12.1. The number of nitrogens with one attached hydrogen (secondary N) is 1. The Morgan fingerprint density at radius 3 is 2.89 bits per heavy atom. The summed E-state index contributed by atoms with van der Waals surface area (Å²) in [7, 11) is 1.88. The quantitative estimate of drug-likeness (QED) is 0.566. The van der Waals surface area contributed by atoms with Gasteiger partial charge in [0.1, 0.15) is 0 Å². The fraction of sp³-hybridized carbons (Fsp3) is 0.643. The van der Waals surface area contributed by atoms with Gasteiger partial charge in [-0.05, 0) is 26.5 Å². The van der Waals surface area contributed by atoms with Gasteiger partial charge in [-0.3, -0.25) is 4.79 Å². The van der Waals surface area contributed by atoms with Gasteiger partial charge in [0.2, 0.25) is 0 Å². The first kappa shape index (κ1) is 15.7. The van der Waals surface area contributed by atoms with Gasteiger partial charge in [0.05, 0.1) is 19.3 Å². The maximum absolute atomic E-state index is 12.6. The van der Waals surface area contributed by atoms with Crippen molar-refractivity contribution in [2.45, 2.75) is 26.3 Å². The normalized spacial score (nSPS) is 21.6. The molecule has 0 spiro atoms. The minimum Gasteiger partial charge on any atom is -0.402 e. The Morgan fingerprint density at radius 1 is 1.58 bits per heavy atom. The highest BCUT2D eigenvalue weighted by atomic mass is 16.5. The van der Waals surface area contributed by atoms with Gasteiger partial charge in [-0.25, -0.2) is 0 Å². The van der Waals surface area contributed by atoms with Crippen molar-refractivity contribution in [3.63, 3.8) is 0 Å². The summed E-state index contributed by atoms with van der Waals surface area (Å²) in [6.07, 6.45) is 4.48. The van der Waals surface area contributed by atoms with Gasteiger partial charge in [-0.1, -0.05) is 13.0 Å². The van der Waals surface area contributed by atoms with Gasteiger partial charge in [0.25, 0.3) is 5.91 Å². The number of morpholine rings is 1. The molecule has 5 nitrogen and oxygen atoms in total. The number of ether oxygens (including phenoxy) is 1. The molecule has 0 bridgehead atoms. The molecule has 108 valence electrons. The van der Waals surface area contributed by atoms with E-state index in [0.717, 1.165) is 13.0 Å². The summed E-state index contributed by atoms with van der Waals surface area (Å²) in [5.74, 6) is 0.0372. The standard InChI is InChI=1S/C14H25N3O2/c1-4-5-12(8-11(2)15)14(18)17-6-7-19-10-13(17)9-16-3/h5,8,13,16H,4,6-7,9-10,15H2,1-3H3/b11-8-,12-5+. The van der Waals surface area contributed by atoms with E-state index < -0.39 is 0 Å². The lowest BCUT2D eigenvalue weighted by molar-refractivity contribution is -0.135. The van der Waals surface area contributed by atoms with E-state index in [9.17, 15) is 4.79 Å². The summed E-state index contributed by atoms with van der Waals surface area (Å²) in [5, 5.41) is 3.10. The van der Waals surface area contributed by atoms with Crippen LogP contribution in [0.3, 0.4) is 0 Å². The Hall–Kier alpha value is -1.33. The van der Waals surface area contributed by atoms with Crippen LogP contribution in [0.1, 0.15) is 20.3 Å². The van der Waals surface area contributed by atoms with Gasteiger partial charge in [0.15, 0.2) is 0 Å². The van der Waals surface area contributed by atoms with Crippen molar-refractivity contribution in [2.24, 2.45) is 5.73 Å². The number of carbonyl (C=O) groups excluding carboxylic acids is 1. The molecule has 1 saturated heterocycles. The Labute approximate surface area is 115 Å². The minimum absolute atomic E-state index is 0.0372.